The zero-order valence-corrected chi connectivity index (χ0v) is 12.7. The summed E-state index contributed by atoms with van der Waals surface area (Å²) in [5, 5.41) is 5.85. The van der Waals surface area contributed by atoms with Gasteiger partial charge in [0, 0.05) is 19.0 Å². The largest absolute Gasteiger partial charge is 0.303 e. The van der Waals surface area contributed by atoms with Crippen molar-refractivity contribution in [3.8, 4) is 0 Å². The average Bonchev–Trinajstić information content (AvgIpc) is 2.42. The second-order valence-electron chi connectivity index (χ2n) is 6.16. The molecule has 5 heteroatoms. The van der Waals surface area contributed by atoms with Crippen molar-refractivity contribution in [2.45, 2.75) is 58.0 Å². The maximum Gasteiger partial charge on any atom is 0.243 e. The van der Waals surface area contributed by atoms with Crippen LogP contribution in [0.1, 0.15) is 46.0 Å². The van der Waals surface area contributed by atoms with Crippen molar-refractivity contribution in [3.63, 3.8) is 0 Å². The second kappa shape index (κ2) is 7.18. The first-order valence-electron chi connectivity index (χ1n) is 7.92. The molecular formula is C15H27N3O2. The smallest absolute Gasteiger partial charge is 0.243 e. The molecule has 0 bridgehead atoms. The van der Waals surface area contributed by atoms with Gasteiger partial charge in [-0.05, 0) is 51.6 Å². The number of hydrogen-bond acceptors (Lipinski definition) is 4. The minimum absolute atomic E-state index is 0.146. The molecular weight excluding hydrogens is 254 g/mol. The molecule has 2 saturated heterocycles. The summed E-state index contributed by atoms with van der Waals surface area (Å²) < 4.78 is 0. The van der Waals surface area contributed by atoms with Crippen LogP contribution in [0.3, 0.4) is 0 Å². The predicted octanol–water partition coefficient (Wildman–Crippen LogP) is 0.892. The summed E-state index contributed by atoms with van der Waals surface area (Å²) in [4.78, 5) is 25.5. The van der Waals surface area contributed by atoms with E-state index in [1.54, 1.807) is 0 Å². The van der Waals surface area contributed by atoms with Gasteiger partial charge < -0.3 is 10.2 Å². The summed E-state index contributed by atoms with van der Waals surface area (Å²) in [6, 6.07) is 0.114. The number of rotatable bonds is 5. The molecule has 2 amide bonds. The predicted molar refractivity (Wildman–Crippen MR) is 78.2 cm³/mol. The summed E-state index contributed by atoms with van der Waals surface area (Å²) in [6.07, 6.45) is 4.73. The third kappa shape index (κ3) is 4.03. The Morgan fingerprint density at radius 1 is 1.40 bits per heavy atom. The molecule has 2 N–H and O–H groups in total. The van der Waals surface area contributed by atoms with Crippen LogP contribution in [0.5, 0.6) is 0 Å². The first-order chi connectivity index (χ1) is 9.60. The quantitative estimate of drug-likeness (QED) is 0.735. The Hall–Kier alpha value is -0.940. The van der Waals surface area contributed by atoms with E-state index < -0.39 is 0 Å². The molecule has 0 aliphatic carbocycles. The number of nitrogens with one attached hydrogen (secondary N) is 2. The van der Waals surface area contributed by atoms with Gasteiger partial charge in [0.05, 0.1) is 6.04 Å². The van der Waals surface area contributed by atoms with Crippen molar-refractivity contribution in [2.24, 2.45) is 5.92 Å². The average molecular weight is 281 g/mol. The van der Waals surface area contributed by atoms with Gasteiger partial charge in [-0.1, -0.05) is 6.92 Å². The molecule has 0 aromatic heterocycles. The van der Waals surface area contributed by atoms with Crippen LogP contribution < -0.4 is 10.6 Å². The number of carbonyl (C=O) groups is 2. The fourth-order valence-electron chi connectivity index (χ4n) is 3.32. The number of nitrogens with zero attached hydrogens (tertiary/aromatic N) is 1. The van der Waals surface area contributed by atoms with Gasteiger partial charge in [0.25, 0.3) is 0 Å². The minimum atomic E-state index is -0.204. The second-order valence-corrected chi connectivity index (χ2v) is 6.16. The Morgan fingerprint density at radius 3 is 2.90 bits per heavy atom. The van der Waals surface area contributed by atoms with Crippen LogP contribution in [0.15, 0.2) is 0 Å². The topological polar surface area (TPSA) is 61.4 Å². The van der Waals surface area contributed by atoms with Gasteiger partial charge in [-0.2, -0.15) is 0 Å². The summed E-state index contributed by atoms with van der Waals surface area (Å²) in [6.45, 7) is 7.88. The van der Waals surface area contributed by atoms with E-state index in [4.69, 9.17) is 0 Å². The molecule has 0 aromatic carbocycles. The molecule has 2 aliphatic heterocycles. The first kappa shape index (κ1) is 15.4. The van der Waals surface area contributed by atoms with Crippen molar-refractivity contribution in [3.05, 3.63) is 0 Å². The highest BCUT2D eigenvalue weighted by molar-refractivity contribution is 6.00. The Balaban J connectivity index is 1.83. The van der Waals surface area contributed by atoms with E-state index in [0.717, 1.165) is 6.54 Å². The molecule has 3 unspecified atom stereocenters. The molecule has 2 fully saturated rings. The molecule has 2 heterocycles. The maximum atomic E-state index is 11.8. The van der Waals surface area contributed by atoms with Gasteiger partial charge in [-0.3, -0.25) is 14.9 Å². The van der Waals surface area contributed by atoms with Crippen LogP contribution in [-0.2, 0) is 9.59 Å². The minimum Gasteiger partial charge on any atom is -0.303 e. The molecule has 0 saturated carbocycles. The number of likely N-dealkylation sites (tertiary alicyclic amines) is 1. The number of carbonyl (C=O) groups excluding carboxylic acids is 2. The van der Waals surface area contributed by atoms with Gasteiger partial charge in [-0.25, -0.2) is 0 Å². The van der Waals surface area contributed by atoms with E-state index in [1.807, 2.05) is 0 Å². The zero-order valence-electron chi connectivity index (χ0n) is 12.7. The van der Waals surface area contributed by atoms with Crippen LogP contribution in [0.4, 0.5) is 0 Å². The first-order valence-corrected chi connectivity index (χ1v) is 7.92. The Bertz CT molecular complexity index is 357. The standard InChI is InChI=1S/C15H27N3O2/c1-3-8-18-9-4-5-12(10-18)11(2)16-13-6-7-14(19)17-15(13)20/h11-13,16H,3-10H2,1-2H3,(H,17,19,20). The van der Waals surface area contributed by atoms with Crippen molar-refractivity contribution in [1.29, 1.82) is 0 Å². The van der Waals surface area contributed by atoms with Crippen LogP contribution >= 0.6 is 0 Å². The molecule has 0 spiro atoms. The summed E-state index contributed by atoms with van der Waals surface area (Å²) in [5.74, 6) is 0.294. The van der Waals surface area contributed by atoms with Crippen molar-refractivity contribution in [1.82, 2.24) is 15.5 Å². The lowest BCUT2D eigenvalue weighted by molar-refractivity contribution is -0.135. The number of amides is 2. The molecule has 20 heavy (non-hydrogen) atoms. The Kier molecular flexibility index (Phi) is 5.54. The van der Waals surface area contributed by atoms with Gasteiger partial charge in [0.15, 0.2) is 0 Å². The lowest BCUT2D eigenvalue weighted by atomic mass is 9.90. The Labute approximate surface area is 121 Å². The van der Waals surface area contributed by atoms with E-state index in [2.05, 4.69) is 29.4 Å². The Morgan fingerprint density at radius 2 is 2.20 bits per heavy atom. The molecule has 2 rings (SSSR count). The molecule has 0 aromatic rings. The van der Waals surface area contributed by atoms with Gasteiger partial charge >= 0.3 is 0 Å². The molecule has 3 atom stereocenters. The maximum absolute atomic E-state index is 11.8. The number of hydrogen-bond donors (Lipinski definition) is 2. The summed E-state index contributed by atoms with van der Waals surface area (Å²) in [5.41, 5.74) is 0. The summed E-state index contributed by atoms with van der Waals surface area (Å²) >= 11 is 0. The monoisotopic (exact) mass is 281 g/mol. The number of piperidine rings is 2. The highest BCUT2D eigenvalue weighted by Crippen LogP contribution is 2.21. The van der Waals surface area contributed by atoms with Crippen LogP contribution in [-0.4, -0.2) is 48.4 Å². The normalized spacial score (nSPS) is 30.1. The van der Waals surface area contributed by atoms with Crippen molar-refractivity contribution >= 4 is 11.8 Å². The van der Waals surface area contributed by atoms with Gasteiger partial charge in [0.2, 0.25) is 11.8 Å². The van der Waals surface area contributed by atoms with Crippen LogP contribution in [0.2, 0.25) is 0 Å². The lowest BCUT2D eigenvalue weighted by Crippen LogP contribution is -2.55. The molecule has 0 radical (unpaired) electrons. The van der Waals surface area contributed by atoms with Crippen LogP contribution in [0, 0.1) is 5.92 Å². The fourth-order valence-corrected chi connectivity index (χ4v) is 3.32. The highest BCUT2D eigenvalue weighted by Gasteiger charge is 2.31. The summed E-state index contributed by atoms with van der Waals surface area (Å²) in [7, 11) is 0. The van der Waals surface area contributed by atoms with Gasteiger partial charge in [-0.15, -0.1) is 0 Å². The highest BCUT2D eigenvalue weighted by atomic mass is 16.2. The van der Waals surface area contributed by atoms with E-state index in [1.165, 1.54) is 32.4 Å². The van der Waals surface area contributed by atoms with Crippen LogP contribution in [0.25, 0.3) is 0 Å². The van der Waals surface area contributed by atoms with Crippen molar-refractivity contribution in [2.75, 3.05) is 19.6 Å². The third-order valence-electron chi connectivity index (χ3n) is 4.49. The molecule has 5 nitrogen and oxygen atoms in total. The lowest BCUT2D eigenvalue weighted by Gasteiger charge is -2.37. The van der Waals surface area contributed by atoms with E-state index in [0.29, 0.717) is 24.8 Å². The molecule has 2 aliphatic rings. The SMILES string of the molecule is CCCN1CCCC(C(C)NC2CCC(=O)NC2=O)C1. The van der Waals surface area contributed by atoms with Crippen molar-refractivity contribution < 1.29 is 9.59 Å². The number of imide groups is 1. The van der Waals surface area contributed by atoms with E-state index in [9.17, 15) is 9.59 Å². The van der Waals surface area contributed by atoms with E-state index >= 15 is 0 Å². The molecule has 114 valence electrons. The fraction of sp³-hybridized carbons (Fsp3) is 0.867. The van der Waals surface area contributed by atoms with E-state index in [-0.39, 0.29) is 17.9 Å². The third-order valence-corrected chi connectivity index (χ3v) is 4.49. The van der Waals surface area contributed by atoms with Gasteiger partial charge in [0.1, 0.15) is 0 Å². The zero-order chi connectivity index (χ0) is 14.5.